The molecular formula is C9H7N5O2S. The van der Waals surface area contributed by atoms with Gasteiger partial charge in [0.15, 0.2) is 5.65 Å². The zero-order valence-corrected chi connectivity index (χ0v) is 9.22. The second kappa shape index (κ2) is 3.32. The topological polar surface area (TPSA) is 120 Å². The molecule has 7 nitrogen and oxygen atoms in total. The first-order valence-corrected chi connectivity index (χ1v) is 5.59. The first-order chi connectivity index (χ1) is 8.15. The van der Waals surface area contributed by atoms with E-state index in [4.69, 9.17) is 5.73 Å². The van der Waals surface area contributed by atoms with Crippen molar-refractivity contribution in [2.45, 2.75) is 0 Å². The number of aromatic amines is 3. The number of fused-ring (bicyclic) bond motifs is 1. The van der Waals surface area contributed by atoms with E-state index in [-0.39, 0.29) is 11.2 Å². The van der Waals surface area contributed by atoms with Gasteiger partial charge in [-0.1, -0.05) is 0 Å². The number of anilines is 1. The first kappa shape index (κ1) is 9.85. The van der Waals surface area contributed by atoms with Crippen molar-refractivity contribution in [3.8, 4) is 11.4 Å². The first-order valence-electron chi connectivity index (χ1n) is 4.71. The fourth-order valence-electron chi connectivity index (χ4n) is 1.58. The van der Waals surface area contributed by atoms with Crippen molar-refractivity contribution in [1.29, 1.82) is 0 Å². The lowest BCUT2D eigenvalue weighted by Crippen LogP contribution is -2.21. The van der Waals surface area contributed by atoms with Crippen LogP contribution in [-0.2, 0) is 0 Å². The summed E-state index contributed by atoms with van der Waals surface area (Å²) >= 11 is 1.38. The SMILES string of the molecule is Nc1sccc1-c1nc2[nH]c(=O)[nH]c(=O)c2[nH]1. The van der Waals surface area contributed by atoms with Crippen LogP contribution >= 0.6 is 11.3 Å². The Morgan fingerprint density at radius 1 is 1.24 bits per heavy atom. The number of rotatable bonds is 1. The van der Waals surface area contributed by atoms with Crippen molar-refractivity contribution >= 4 is 27.5 Å². The van der Waals surface area contributed by atoms with Crippen LogP contribution < -0.4 is 17.0 Å². The number of imidazole rings is 1. The largest absolute Gasteiger partial charge is 0.390 e. The summed E-state index contributed by atoms with van der Waals surface area (Å²) in [7, 11) is 0. The van der Waals surface area contributed by atoms with Crippen LogP contribution in [0.3, 0.4) is 0 Å². The third-order valence-corrected chi connectivity index (χ3v) is 3.09. The highest BCUT2D eigenvalue weighted by atomic mass is 32.1. The molecule has 0 aliphatic carbocycles. The summed E-state index contributed by atoms with van der Waals surface area (Å²) < 4.78 is 0. The summed E-state index contributed by atoms with van der Waals surface area (Å²) in [6.45, 7) is 0. The van der Waals surface area contributed by atoms with E-state index >= 15 is 0 Å². The maximum Gasteiger partial charge on any atom is 0.327 e. The molecule has 0 spiro atoms. The normalized spacial score (nSPS) is 11.1. The standard InChI is InChI=1S/C9H7N5O2S/c10-5-3(1-2-17-5)6-11-4-7(12-6)13-9(16)14-8(4)15/h1-2H,10H2,(H3,11,12,13,14,15,16). The molecule has 8 heteroatoms. The predicted molar refractivity (Wildman–Crippen MR) is 65.1 cm³/mol. The second-order valence-electron chi connectivity index (χ2n) is 3.42. The van der Waals surface area contributed by atoms with E-state index in [2.05, 4.69) is 19.9 Å². The second-order valence-corrected chi connectivity index (χ2v) is 4.36. The van der Waals surface area contributed by atoms with Crippen LogP contribution in [0.4, 0.5) is 5.00 Å². The highest BCUT2D eigenvalue weighted by Crippen LogP contribution is 2.28. The van der Waals surface area contributed by atoms with Crippen molar-refractivity contribution in [3.63, 3.8) is 0 Å². The Hall–Kier alpha value is -2.35. The maximum absolute atomic E-state index is 11.5. The minimum Gasteiger partial charge on any atom is -0.390 e. The Bertz CT molecular complexity index is 809. The van der Waals surface area contributed by atoms with Crippen molar-refractivity contribution in [2.24, 2.45) is 0 Å². The predicted octanol–water partition coefficient (Wildman–Crippen LogP) is 0.250. The van der Waals surface area contributed by atoms with Crippen molar-refractivity contribution < 1.29 is 0 Å². The molecule has 0 saturated heterocycles. The van der Waals surface area contributed by atoms with Crippen LogP contribution in [0.2, 0.25) is 0 Å². The van der Waals surface area contributed by atoms with Gasteiger partial charge in [0.2, 0.25) is 0 Å². The number of nitrogens with one attached hydrogen (secondary N) is 3. The summed E-state index contributed by atoms with van der Waals surface area (Å²) in [5.74, 6) is 0.464. The fraction of sp³-hybridized carbons (Fsp3) is 0. The third-order valence-electron chi connectivity index (χ3n) is 2.34. The van der Waals surface area contributed by atoms with Gasteiger partial charge < -0.3 is 10.7 Å². The van der Waals surface area contributed by atoms with Crippen molar-refractivity contribution in [2.75, 3.05) is 5.73 Å². The Morgan fingerprint density at radius 2 is 2.06 bits per heavy atom. The fourth-order valence-corrected chi connectivity index (χ4v) is 2.22. The molecule has 0 bridgehead atoms. The maximum atomic E-state index is 11.5. The third kappa shape index (κ3) is 1.46. The van der Waals surface area contributed by atoms with Crippen LogP contribution in [0.1, 0.15) is 0 Å². The van der Waals surface area contributed by atoms with E-state index in [9.17, 15) is 9.59 Å². The lowest BCUT2D eigenvalue weighted by atomic mass is 10.3. The Morgan fingerprint density at radius 3 is 2.76 bits per heavy atom. The molecule has 86 valence electrons. The lowest BCUT2D eigenvalue weighted by Gasteiger charge is -1.91. The number of thiophene rings is 1. The molecule has 0 aliphatic rings. The monoisotopic (exact) mass is 249 g/mol. The number of hydrogen-bond acceptors (Lipinski definition) is 5. The van der Waals surface area contributed by atoms with Crippen LogP contribution in [0.25, 0.3) is 22.6 Å². The smallest absolute Gasteiger partial charge is 0.327 e. The van der Waals surface area contributed by atoms with Crippen LogP contribution in [0, 0.1) is 0 Å². The van der Waals surface area contributed by atoms with Crippen molar-refractivity contribution in [3.05, 3.63) is 32.3 Å². The van der Waals surface area contributed by atoms with E-state index < -0.39 is 11.2 Å². The molecule has 3 aromatic heterocycles. The molecule has 0 amide bonds. The van der Waals surface area contributed by atoms with Crippen LogP contribution in [0.15, 0.2) is 21.0 Å². The molecule has 0 aliphatic heterocycles. The summed E-state index contributed by atoms with van der Waals surface area (Å²) in [5, 5.41) is 2.42. The molecule has 0 saturated carbocycles. The van der Waals surface area contributed by atoms with Crippen LogP contribution in [-0.4, -0.2) is 19.9 Å². The Balaban J connectivity index is 2.35. The van der Waals surface area contributed by atoms with Gasteiger partial charge in [0.1, 0.15) is 11.3 Å². The molecule has 0 fully saturated rings. The zero-order valence-electron chi connectivity index (χ0n) is 8.40. The summed E-state index contributed by atoms with van der Waals surface area (Å²) in [5.41, 5.74) is 5.84. The Labute approximate surface area is 97.3 Å². The zero-order chi connectivity index (χ0) is 12.0. The molecule has 0 aromatic carbocycles. The van der Waals surface area contributed by atoms with Gasteiger partial charge in [0.05, 0.1) is 10.6 Å². The Kier molecular flexibility index (Phi) is 1.92. The molecule has 3 rings (SSSR count). The van der Waals surface area contributed by atoms with E-state index in [0.717, 1.165) is 0 Å². The summed E-state index contributed by atoms with van der Waals surface area (Å²) in [6.07, 6.45) is 0. The van der Waals surface area contributed by atoms with E-state index in [1.165, 1.54) is 11.3 Å². The van der Waals surface area contributed by atoms with Crippen LogP contribution in [0.5, 0.6) is 0 Å². The minimum absolute atomic E-state index is 0.222. The number of nitrogen functional groups attached to an aromatic ring is 1. The number of hydrogen-bond donors (Lipinski definition) is 4. The van der Waals surface area contributed by atoms with E-state index in [1.54, 1.807) is 6.07 Å². The van der Waals surface area contributed by atoms with Gasteiger partial charge >= 0.3 is 5.69 Å². The minimum atomic E-state index is -0.584. The lowest BCUT2D eigenvalue weighted by molar-refractivity contribution is 1.07. The highest BCUT2D eigenvalue weighted by molar-refractivity contribution is 7.14. The molecule has 0 unspecified atom stereocenters. The van der Waals surface area contributed by atoms with Crippen molar-refractivity contribution in [1.82, 2.24) is 19.9 Å². The molecule has 3 heterocycles. The van der Waals surface area contributed by atoms with Gasteiger partial charge in [-0.3, -0.25) is 14.8 Å². The molecular weight excluding hydrogens is 242 g/mol. The van der Waals surface area contributed by atoms with Gasteiger partial charge in [-0.05, 0) is 11.4 Å². The van der Waals surface area contributed by atoms with Gasteiger partial charge in [-0.15, -0.1) is 11.3 Å². The molecule has 0 atom stereocenters. The van der Waals surface area contributed by atoms with E-state index in [0.29, 0.717) is 16.4 Å². The number of nitrogens with two attached hydrogens (primary N) is 1. The number of nitrogens with zero attached hydrogens (tertiary/aromatic N) is 1. The number of H-pyrrole nitrogens is 3. The molecule has 0 radical (unpaired) electrons. The van der Waals surface area contributed by atoms with Gasteiger partial charge in [0.25, 0.3) is 5.56 Å². The molecule has 3 aromatic rings. The average Bonchev–Trinajstić information content (AvgIpc) is 2.83. The number of aromatic nitrogens is 4. The molecule has 17 heavy (non-hydrogen) atoms. The van der Waals surface area contributed by atoms with Gasteiger partial charge in [-0.2, -0.15) is 0 Å². The highest BCUT2D eigenvalue weighted by Gasteiger charge is 2.11. The quantitative estimate of drug-likeness (QED) is 0.494. The average molecular weight is 249 g/mol. The summed E-state index contributed by atoms with van der Waals surface area (Å²) in [4.78, 5) is 34.1. The summed E-state index contributed by atoms with van der Waals surface area (Å²) in [6, 6.07) is 1.80. The van der Waals surface area contributed by atoms with Gasteiger partial charge in [0, 0.05) is 0 Å². The molecule has 5 N–H and O–H groups in total. The van der Waals surface area contributed by atoms with E-state index in [1.807, 2.05) is 5.38 Å². The van der Waals surface area contributed by atoms with Gasteiger partial charge in [-0.25, -0.2) is 9.78 Å².